The number of aromatic nitrogens is 2. The van der Waals surface area contributed by atoms with Gasteiger partial charge in [0.05, 0.1) is 4.92 Å². The van der Waals surface area contributed by atoms with Gasteiger partial charge in [-0.1, -0.05) is 0 Å². The maximum absolute atomic E-state index is 12.3. The van der Waals surface area contributed by atoms with E-state index in [2.05, 4.69) is 20.6 Å². The van der Waals surface area contributed by atoms with Gasteiger partial charge in [-0.3, -0.25) is 14.9 Å². The second-order valence-electron chi connectivity index (χ2n) is 6.55. The van der Waals surface area contributed by atoms with Crippen molar-refractivity contribution in [3.05, 3.63) is 76.0 Å². The quantitative estimate of drug-likeness (QED) is 0.485. The molecule has 0 spiro atoms. The first-order chi connectivity index (χ1) is 13.8. The standard InChI is InChI=1S/C20H20N6O3/c1-13-12-18(25(2)3)24-20(21-13)23-16-8-6-15(7-9-16)22-19(27)14-4-10-17(11-5-14)26(28)29/h4-12H,1-3H3,(H,22,27)(H,21,23,24). The van der Waals surface area contributed by atoms with Gasteiger partial charge in [-0.25, -0.2) is 4.98 Å². The van der Waals surface area contributed by atoms with Gasteiger partial charge in [-0.05, 0) is 43.3 Å². The number of hydrogen-bond acceptors (Lipinski definition) is 7. The number of non-ortho nitro benzene ring substituents is 1. The summed E-state index contributed by atoms with van der Waals surface area (Å²) in [5.74, 6) is 0.932. The van der Waals surface area contributed by atoms with E-state index >= 15 is 0 Å². The van der Waals surface area contributed by atoms with Crippen LogP contribution < -0.4 is 15.5 Å². The van der Waals surface area contributed by atoms with Crippen LogP contribution in [-0.2, 0) is 0 Å². The van der Waals surface area contributed by atoms with Gasteiger partial charge < -0.3 is 15.5 Å². The monoisotopic (exact) mass is 392 g/mol. The van der Waals surface area contributed by atoms with Gasteiger partial charge in [0.15, 0.2) is 0 Å². The fourth-order valence-corrected chi connectivity index (χ4v) is 2.54. The Bertz CT molecular complexity index is 1030. The van der Waals surface area contributed by atoms with Gasteiger partial charge in [-0.2, -0.15) is 4.98 Å². The summed E-state index contributed by atoms with van der Waals surface area (Å²) in [4.78, 5) is 33.2. The molecule has 1 amide bonds. The summed E-state index contributed by atoms with van der Waals surface area (Å²) in [6.07, 6.45) is 0. The highest BCUT2D eigenvalue weighted by Gasteiger charge is 2.10. The maximum Gasteiger partial charge on any atom is 0.269 e. The molecule has 1 aromatic heterocycles. The van der Waals surface area contributed by atoms with Crippen LogP contribution >= 0.6 is 0 Å². The number of rotatable bonds is 6. The molecule has 29 heavy (non-hydrogen) atoms. The number of nitrogens with one attached hydrogen (secondary N) is 2. The zero-order valence-corrected chi connectivity index (χ0v) is 16.2. The molecule has 0 saturated heterocycles. The van der Waals surface area contributed by atoms with Gasteiger partial charge in [0, 0.05) is 54.9 Å². The van der Waals surface area contributed by atoms with Crippen molar-refractivity contribution >= 4 is 34.7 Å². The number of anilines is 4. The number of carbonyl (C=O) groups is 1. The Labute approximate surface area is 167 Å². The molecular weight excluding hydrogens is 372 g/mol. The fraction of sp³-hybridized carbons (Fsp3) is 0.150. The van der Waals surface area contributed by atoms with E-state index in [1.807, 2.05) is 32.0 Å². The van der Waals surface area contributed by atoms with E-state index in [0.29, 0.717) is 17.2 Å². The largest absolute Gasteiger partial charge is 0.363 e. The van der Waals surface area contributed by atoms with Gasteiger partial charge in [0.1, 0.15) is 5.82 Å². The summed E-state index contributed by atoms with van der Waals surface area (Å²) in [6.45, 7) is 1.90. The van der Waals surface area contributed by atoms with Gasteiger partial charge in [0.2, 0.25) is 5.95 Å². The molecule has 148 valence electrons. The lowest BCUT2D eigenvalue weighted by molar-refractivity contribution is -0.384. The van der Waals surface area contributed by atoms with Crippen LogP contribution in [0.15, 0.2) is 54.6 Å². The number of carbonyl (C=O) groups excluding carboxylic acids is 1. The third-order valence-corrected chi connectivity index (χ3v) is 4.04. The molecule has 9 heteroatoms. The highest BCUT2D eigenvalue weighted by Crippen LogP contribution is 2.20. The van der Waals surface area contributed by atoms with Crippen molar-refractivity contribution in [1.29, 1.82) is 0 Å². The van der Waals surface area contributed by atoms with E-state index in [9.17, 15) is 14.9 Å². The summed E-state index contributed by atoms with van der Waals surface area (Å²) in [5.41, 5.74) is 2.49. The predicted molar refractivity (Wildman–Crippen MR) is 112 cm³/mol. The van der Waals surface area contributed by atoms with Gasteiger partial charge >= 0.3 is 0 Å². The smallest absolute Gasteiger partial charge is 0.269 e. The minimum atomic E-state index is -0.507. The van der Waals surface area contributed by atoms with E-state index in [1.54, 1.807) is 24.3 Å². The van der Waals surface area contributed by atoms with E-state index in [0.717, 1.165) is 17.2 Å². The summed E-state index contributed by atoms with van der Waals surface area (Å²) >= 11 is 0. The number of nitro groups is 1. The molecule has 1 heterocycles. The second-order valence-corrected chi connectivity index (χ2v) is 6.55. The summed E-state index contributed by atoms with van der Waals surface area (Å²) < 4.78 is 0. The van der Waals surface area contributed by atoms with Crippen molar-refractivity contribution in [3.63, 3.8) is 0 Å². The average molecular weight is 392 g/mol. The number of hydrogen-bond donors (Lipinski definition) is 2. The molecule has 0 saturated carbocycles. The molecule has 9 nitrogen and oxygen atoms in total. The molecule has 2 N–H and O–H groups in total. The average Bonchev–Trinajstić information content (AvgIpc) is 2.69. The highest BCUT2D eigenvalue weighted by atomic mass is 16.6. The molecule has 0 aliphatic heterocycles. The van der Waals surface area contributed by atoms with Crippen LogP contribution in [0.3, 0.4) is 0 Å². The Hall–Kier alpha value is -4.01. The first-order valence-corrected chi connectivity index (χ1v) is 8.78. The lowest BCUT2D eigenvalue weighted by atomic mass is 10.2. The van der Waals surface area contributed by atoms with Crippen molar-refractivity contribution in [2.24, 2.45) is 0 Å². The molecule has 0 fully saturated rings. The topological polar surface area (TPSA) is 113 Å². The van der Waals surface area contributed by atoms with Gasteiger partial charge in [0.25, 0.3) is 11.6 Å². The minimum Gasteiger partial charge on any atom is -0.363 e. The molecule has 0 unspecified atom stereocenters. The first kappa shape index (κ1) is 19.7. The van der Waals surface area contributed by atoms with Crippen LogP contribution in [-0.4, -0.2) is 34.9 Å². The van der Waals surface area contributed by atoms with Crippen molar-refractivity contribution < 1.29 is 9.72 Å². The number of nitro benzene ring substituents is 1. The maximum atomic E-state index is 12.3. The molecule has 0 bridgehead atoms. The summed E-state index contributed by atoms with van der Waals surface area (Å²) in [5, 5.41) is 16.6. The summed E-state index contributed by atoms with van der Waals surface area (Å²) in [7, 11) is 3.82. The zero-order chi connectivity index (χ0) is 21.0. The van der Waals surface area contributed by atoms with Crippen molar-refractivity contribution in [1.82, 2.24) is 9.97 Å². The first-order valence-electron chi connectivity index (χ1n) is 8.78. The Morgan fingerprint density at radius 3 is 2.21 bits per heavy atom. The van der Waals surface area contributed by atoms with E-state index in [-0.39, 0.29) is 11.6 Å². The number of nitrogens with zero attached hydrogens (tertiary/aromatic N) is 4. The Balaban J connectivity index is 1.67. The number of amides is 1. The van der Waals surface area contributed by atoms with Crippen LogP contribution in [0.5, 0.6) is 0 Å². The van der Waals surface area contributed by atoms with Crippen LogP contribution in [0.1, 0.15) is 16.1 Å². The van der Waals surface area contributed by atoms with Crippen LogP contribution in [0, 0.1) is 17.0 Å². The Morgan fingerprint density at radius 1 is 1.00 bits per heavy atom. The molecule has 0 aliphatic carbocycles. The van der Waals surface area contributed by atoms with Crippen molar-refractivity contribution in [2.45, 2.75) is 6.92 Å². The molecule has 2 aromatic carbocycles. The SMILES string of the molecule is Cc1cc(N(C)C)nc(Nc2ccc(NC(=O)c3ccc([N+](=O)[O-])cc3)cc2)n1. The van der Waals surface area contributed by atoms with Crippen molar-refractivity contribution in [3.8, 4) is 0 Å². The molecular formula is C20H20N6O3. The molecule has 3 aromatic rings. The third kappa shape index (κ3) is 5.04. The van der Waals surface area contributed by atoms with E-state index in [4.69, 9.17) is 0 Å². The Kier molecular flexibility index (Phi) is 5.68. The van der Waals surface area contributed by atoms with Crippen molar-refractivity contribution in [2.75, 3.05) is 29.6 Å². The van der Waals surface area contributed by atoms with E-state index in [1.165, 1.54) is 24.3 Å². The minimum absolute atomic E-state index is 0.0623. The molecule has 0 atom stereocenters. The fourth-order valence-electron chi connectivity index (χ4n) is 2.54. The highest BCUT2D eigenvalue weighted by molar-refractivity contribution is 6.04. The lowest BCUT2D eigenvalue weighted by Gasteiger charge is -2.14. The third-order valence-electron chi connectivity index (χ3n) is 4.04. The second kappa shape index (κ2) is 8.34. The van der Waals surface area contributed by atoms with Crippen LogP contribution in [0.25, 0.3) is 0 Å². The van der Waals surface area contributed by atoms with Crippen LogP contribution in [0.2, 0.25) is 0 Å². The summed E-state index contributed by atoms with van der Waals surface area (Å²) in [6, 6.07) is 14.4. The predicted octanol–water partition coefficient (Wildman–Crippen LogP) is 3.76. The van der Waals surface area contributed by atoms with Crippen LogP contribution in [0.4, 0.5) is 28.8 Å². The lowest BCUT2D eigenvalue weighted by Crippen LogP contribution is -2.13. The normalized spacial score (nSPS) is 10.3. The van der Waals surface area contributed by atoms with E-state index < -0.39 is 4.92 Å². The van der Waals surface area contributed by atoms with Gasteiger partial charge in [-0.15, -0.1) is 0 Å². The Morgan fingerprint density at radius 2 is 1.62 bits per heavy atom. The zero-order valence-electron chi connectivity index (χ0n) is 16.2. The number of benzene rings is 2. The molecule has 3 rings (SSSR count). The molecule has 0 radical (unpaired) electrons. The molecule has 0 aliphatic rings. The number of aryl methyl sites for hydroxylation is 1.